The van der Waals surface area contributed by atoms with Crippen LogP contribution in [0.3, 0.4) is 0 Å². The highest BCUT2D eigenvalue weighted by Gasteiger charge is 2.17. The highest BCUT2D eigenvalue weighted by molar-refractivity contribution is 7.97. The molecule has 2 aromatic carbocycles. The molecule has 3 nitrogen and oxygen atoms in total. The third kappa shape index (κ3) is 3.88. The van der Waals surface area contributed by atoms with E-state index in [2.05, 4.69) is 28.6 Å². The van der Waals surface area contributed by atoms with Crippen molar-refractivity contribution < 1.29 is 4.79 Å². The largest absolute Gasteiger partial charge is 0.370 e. The van der Waals surface area contributed by atoms with Crippen molar-refractivity contribution >= 4 is 29.0 Å². The highest BCUT2D eigenvalue weighted by Crippen LogP contribution is 2.29. The molecule has 1 heterocycles. The molecule has 0 aliphatic carbocycles. The number of para-hydroxylation sites is 2. The first-order valence-corrected chi connectivity index (χ1v) is 9.40. The monoisotopic (exact) mass is 326 g/mol. The predicted octanol–water partition coefficient (Wildman–Crippen LogP) is 4.40. The van der Waals surface area contributed by atoms with Crippen molar-refractivity contribution in [2.24, 2.45) is 0 Å². The summed E-state index contributed by atoms with van der Waals surface area (Å²) in [5.41, 5.74) is 3.92. The average Bonchev–Trinajstić information content (AvgIpc) is 3.10. The maximum atomic E-state index is 12.6. The van der Waals surface area contributed by atoms with Crippen molar-refractivity contribution in [3.05, 3.63) is 59.7 Å². The van der Waals surface area contributed by atoms with E-state index in [-0.39, 0.29) is 5.91 Å². The number of amides is 1. The van der Waals surface area contributed by atoms with Crippen LogP contribution in [0, 0.1) is 0 Å². The Morgan fingerprint density at radius 2 is 1.91 bits per heavy atom. The first kappa shape index (κ1) is 15.9. The Kier molecular flexibility index (Phi) is 5.23. The van der Waals surface area contributed by atoms with Crippen molar-refractivity contribution in [3.8, 4) is 0 Å². The number of benzene rings is 2. The molecule has 3 rings (SSSR count). The number of carbonyl (C=O) groups excluding carboxylic acids is 1. The van der Waals surface area contributed by atoms with Gasteiger partial charge in [-0.25, -0.2) is 0 Å². The second-order valence-corrected chi connectivity index (χ2v) is 6.66. The molecule has 0 unspecified atom stereocenters. The molecule has 0 saturated carbocycles. The van der Waals surface area contributed by atoms with Gasteiger partial charge in [0.1, 0.15) is 0 Å². The molecule has 2 aromatic rings. The van der Waals surface area contributed by atoms with Crippen molar-refractivity contribution in [3.63, 3.8) is 0 Å². The zero-order valence-corrected chi connectivity index (χ0v) is 14.2. The van der Waals surface area contributed by atoms with E-state index in [1.54, 1.807) is 11.8 Å². The van der Waals surface area contributed by atoms with Crippen LogP contribution in [0.1, 0.15) is 28.8 Å². The third-order valence-electron chi connectivity index (χ3n) is 4.10. The Bertz CT molecular complexity index is 681. The van der Waals surface area contributed by atoms with Crippen molar-refractivity contribution in [1.29, 1.82) is 0 Å². The van der Waals surface area contributed by atoms with Gasteiger partial charge in [0.2, 0.25) is 0 Å². The first-order valence-electron chi connectivity index (χ1n) is 8.01. The summed E-state index contributed by atoms with van der Waals surface area (Å²) in [5, 5.41) is 3.09. The summed E-state index contributed by atoms with van der Waals surface area (Å²) < 4.78 is 0. The Morgan fingerprint density at radius 1 is 1.13 bits per heavy atom. The van der Waals surface area contributed by atoms with Crippen LogP contribution in [0.15, 0.2) is 48.5 Å². The number of carbonyl (C=O) groups is 1. The lowest BCUT2D eigenvalue weighted by atomic mass is 10.1. The standard InChI is InChI=1S/C19H22N2OS/c1-23-14-15-7-6-8-16(13-15)19(22)20-17-9-2-3-10-18(17)21-11-4-5-12-21/h2-3,6-10,13H,4-5,11-12,14H2,1H3,(H,20,22). The lowest BCUT2D eigenvalue weighted by Gasteiger charge is -2.21. The molecule has 0 bridgehead atoms. The molecule has 0 aromatic heterocycles. The summed E-state index contributed by atoms with van der Waals surface area (Å²) in [4.78, 5) is 14.9. The van der Waals surface area contributed by atoms with Gasteiger partial charge in [-0.2, -0.15) is 11.8 Å². The van der Waals surface area contributed by atoms with Crippen LogP contribution >= 0.6 is 11.8 Å². The van der Waals surface area contributed by atoms with E-state index in [4.69, 9.17) is 0 Å². The van der Waals surface area contributed by atoms with Gasteiger partial charge in [-0.3, -0.25) is 4.79 Å². The van der Waals surface area contributed by atoms with Crippen LogP contribution in [0.4, 0.5) is 11.4 Å². The van der Waals surface area contributed by atoms with E-state index in [1.807, 2.05) is 36.4 Å². The van der Waals surface area contributed by atoms with E-state index in [0.29, 0.717) is 5.56 Å². The Morgan fingerprint density at radius 3 is 2.70 bits per heavy atom. The summed E-state index contributed by atoms with van der Waals surface area (Å²) in [6.45, 7) is 2.13. The van der Waals surface area contributed by atoms with E-state index in [1.165, 1.54) is 18.4 Å². The molecule has 120 valence electrons. The number of nitrogens with one attached hydrogen (secondary N) is 1. The van der Waals surface area contributed by atoms with E-state index in [0.717, 1.165) is 30.2 Å². The van der Waals surface area contributed by atoms with Gasteiger partial charge in [0.15, 0.2) is 0 Å². The Hall–Kier alpha value is -1.94. The number of hydrogen-bond donors (Lipinski definition) is 1. The van der Waals surface area contributed by atoms with Crippen LogP contribution in [0.5, 0.6) is 0 Å². The van der Waals surface area contributed by atoms with Crippen LogP contribution in [-0.2, 0) is 5.75 Å². The quantitative estimate of drug-likeness (QED) is 0.884. The third-order valence-corrected chi connectivity index (χ3v) is 4.72. The first-order chi connectivity index (χ1) is 11.3. The smallest absolute Gasteiger partial charge is 0.255 e. The highest BCUT2D eigenvalue weighted by atomic mass is 32.2. The minimum atomic E-state index is -0.0420. The summed E-state index contributed by atoms with van der Waals surface area (Å²) >= 11 is 1.76. The van der Waals surface area contributed by atoms with Gasteiger partial charge >= 0.3 is 0 Å². The molecule has 1 aliphatic rings. The SMILES string of the molecule is CSCc1cccc(C(=O)Nc2ccccc2N2CCCC2)c1. The minimum Gasteiger partial charge on any atom is -0.370 e. The number of thioether (sulfide) groups is 1. The van der Waals surface area contributed by atoms with Gasteiger partial charge in [-0.15, -0.1) is 0 Å². The molecule has 0 radical (unpaired) electrons. The molecule has 4 heteroatoms. The molecule has 1 fully saturated rings. The fourth-order valence-corrected chi connectivity index (χ4v) is 3.49. The zero-order chi connectivity index (χ0) is 16.1. The molecule has 1 saturated heterocycles. The number of anilines is 2. The molecular formula is C19H22N2OS. The van der Waals surface area contributed by atoms with Gasteiger partial charge in [0, 0.05) is 24.4 Å². The maximum Gasteiger partial charge on any atom is 0.255 e. The maximum absolute atomic E-state index is 12.6. The van der Waals surface area contributed by atoms with Crippen LogP contribution in [0.25, 0.3) is 0 Å². The van der Waals surface area contributed by atoms with Gasteiger partial charge < -0.3 is 10.2 Å². The fourth-order valence-electron chi connectivity index (χ4n) is 2.98. The lowest BCUT2D eigenvalue weighted by molar-refractivity contribution is 0.102. The number of hydrogen-bond acceptors (Lipinski definition) is 3. The molecule has 23 heavy (non-hydrogen) atoms. The topological polar surface area (TPSA) is 32.3 Å². The number of rotatable bonds is 5. The summed E-state index contributed by atoms with van der Waals surface area (Å²) in [7, 11) is 0. The van der Waals surface area contributed by atoms with Crippen LogP contribution in [0.2, 0.25) is 0 Å². The van der Waals surface area contributed by atoms with Gasteiger partial charge in [0.05, 0.1) is 11.4 Å². The minimum absolute atomic E-state index is 0.0420. The predicted molar refractivity (Wildman–Crippen MR) is 99.5 cm³/mol. The van der Waals surface area contributed by atoms with Crippen LogP contribution < -0.4 is 10.2 Å². The molecule has 1 amide bonds. The van der Waals surface area contributed by atoms with E-state index >= 15 is 0 Å². The van der Waals surface area contributed by atoms with Gasteiger partial charge in [0.25, 0.3) is 5.91 Å². The summed E-state index contributed by atoms with van der Waals surface area (Å²) in [5.74, 6) is 0.880. The van der Waals surface area contributed by atoms with E-state index < -0.39 is 0 Å². The summed E-state index contributed by atoms with van der Waals surface area (Å²) in [6, 6.07) is 15.9. The second-order valence-electron chi connectivity index (χ2n) is 5.80. The normalized spacial score (nSPS) is 14.0. The Balaban J connectivity index is 1.79. The van der Waals surface area contributed by atoms with Crippen LogP contribution in [-0.4, -0.2) is 25.3 Å². The molecule has 1 aliphatic heterocycles. The zero-order valence-electron chi connectivity index (χ0n) is 13.4. The molecule has 0 atom stereocenters. The van der Waals surface area contributed by atoms with Gasteiger partial charge in [-0.05, 0) is 48.9 Å². The number of nitrogens with zero attached hydrogens (tertiary/aromatic N) is 1. The van der Waals surface area contributed by atoms with Gasteiger partial charge in [-0.1, -0.05) is 24.3 Å². The van der Waals surface area contributed by atoms with Crippen molar-refractivity contribution in [2.75, 3.05) is 29.6 Å². The lowest BCUT2D eigenvalue weighted by Crippen LogP contribution is -2.21. The van der Waals surface area contributed by atoms with E-state index in [9.17, 15) is 4.79 Å². The van der Waals surface area contributed by atoms with Crippen molar-refractivity contribution in [2.45, 2.75) is 18.6 Å². The second kappa shape index (κ2) is 7.55. The molecular weight excluding hydrogens is 304 g/mol. The summed E-state index contributed by atoms with van der Waals surface area (Å²) in [6.07, 6.45) is 4.51. The fraction of sp³-hybridized carbons (Fsp3) is 0.316. The average molecular weight is 326 g/mol. The van der Waals surface area contributed by atoms with Crippen molar-refractivity contribution in [1.82, 2.24) is 0 Å². The molecule has 1 N–H and O–H groups in total. The molecule has 0 spiro atoms. The Labute approximate surface area is 142 Å².